The van der Waals surface area contributed by atoms with Gasteiger partial charge in [0.25, 0.3) is 11.8 Å². The van der Waals surface area contributed by atoms with Crippen molar-refractivity contribution in [1.29, 1.82) is 0 Å². The molecule has 0 unspecified atom stereocenters. The van der Waals surface area contributed by atoms with Crippen molar-refractivity contribution in [3.8, 4) is 23.0 Å². The van der Waals surface area contributed by atoms with E-state index in [0.717, 1.165) is 0 Å². The van der Waals surface area contributed by atoms with Crippen LogP contribution in [0.5, 0.6) is 23.0 Å². The molecule has 1 aliphatic heterocycles. The van der Waals surface area contributed by atoms with E-state index in [2.05, 4.69) is 0 Å². The van der Waals surface area contributed by atoms with Gasteiger partial charge >= 0.3 is 0 Å². The third-order valence-electron chi connectivity index (χ3n) is 5.38. The molecule has 0 aromatic heterocycles. The first-order chi connectivity index (χ1) is 14.0. The highest BCUT2D eigenvalue weighted by Crippen LogP contribution is 2.55. The Morgan fingerprint density at radius 2 is 1.03 bits per heavy atom. The van der Waals surface area contributed by atoms with E-state index in [1.807, 2.05) is 0 Å². The van der Waals surface area contributed by atoms with Crippen molar-refractivity contribution in [2.75, 3.05) is 38.5 Å². The van der Waals surface area contributed by atoms with E-state index in [9.17, 15) is 9.59 Å². The van der Waals surface area contributed by atoms with Crippen molar-refractivity contribution in [2.45, 2.75) is 12.8 Å². The van der Waals surface area contributed by atoms with Crippen LogP contribution in [0.25, 0.3) is 0 Å². The lowest BCUT2D eigenvalue weighted by Gasteiger charge is -2.28. The van der Waals surface area contributed by atoms with Gasteiger partial charge in [-0.1, -0.05) is 0 Å². The summed E-state index contributed by atoms with van der Waals surface area (Å²) in [6, 6.07) is 10.2. The van der Waals surface area contributed by atoms with E-state index in [1.165, 1.54) is 38.5 Å². The molecule has 1 saturated carbocycles. The molecule has 152 valence electrons. The van der Waals surface area contributed by atoms with E-state index >= 15 is 0 Å². The van der Waals surface area contributed by atoms with Gasteiger partial charge in [0, 0.05) is 12.1 Å². The monoisotopic (exact) mass is 398 g/mol. The van der Waals surface area contributed by atoms with Crippen molar-refractivity contribution in [1.82, 2.24) is 0 Å². The quantitative estimate of drug-likeness (QED) is 0.697. The molecule has 1 aliphatic carbocycles. The molecule has 2 aromatic rings. The second-order valence-electron chi connectivity index (χ2n) is 6.89. The maximum Gasteiger partial charge on any atom is 0.262 e. The first kappa shape index (κ1) is 18.9. The third kappa shape index (κ3) is 2.74. The summed E-state index contributed by atoms with van der Waals surface area (Å²) in [6.45, 7) is 0. The molecule has 1 heterocycles. The molecule has 29 heavy (non-hydrogen) atoms. The van der Waals surface area contributed by atoms with E-state index in [-0.39, 0.29) is 11.8 Å². The molecule has 0 atom stereocenters. The van der Waals surface area contributed by atoms with Gasteiger partial charge in [0.05, 0.1) is 39.8 Å². The van der Waals surface area contributed by atoms with Gasteiger partial charge in [-0.25, -0.2) is 10.0 Å². The highest BCUT2D eigenvalue weighted by Gasteiger charge is 2.66. The van der Waals surface area contributed by atoms with E-state index < -0.39 is 5.41 Å². The minimum absolute atomic E-state index is 0.246. The Hall–Kier alpha value is -3.42. The fourth-order valence-electron chi connectivity index (χ4n) is 3.61. The zero-order valence-electron chi connectivity index (χ0n) is 16.7. The van der Waals surface area contributed by atoms with Crippen LogP contribution in [-0.2, 0) is 9.59 Å². The van der Waals surface area contributed by atoms with Crippen LogP contribution in [0.2, 0.25) is 0 Å². The molecule has 8 heteroatoms. The Morgan fingerprint density at radius 3 is 1.34 bits per heavy atom. The summed E-state index contributed by atoms with van der Waals surface area (Å²) in [7, 11) is 6.12. The summed E-state index contributed by atoms with van der Waals surface area (Å²) in [5.74, 6) is 1.51. The second-order valence-corrected chi connectivity index (χ2v) is 6.89. The van der Waals surface area contributed by atoms with Crippen LogP contribution in [0, 0.1) is 5.41 Å². The summed E-state index contributed by atoms with van der Waals surface area (Å²) in [5.41, 5.74) is 0.0412. The Kier molecular flexibility index (Phi) is 4.49. The topological polar surface area (TPSA) is 77.5 Å². The smallest absolute Gasteiger partial charge is 0.262 e. The SMILES string of the molecule is COc1ccc(N2C(=O)C3(CC3)C(=O)N2c2ccc(OC)c(OC)c2)cc1OC. The molecular weight excluding hydrogens is 376 g/mol. The van der Waals surface area contributed by atoms with Crippen LogP contribution in [-0.4, -0.2) is 40.3 Å². The van der Waals surface area contributed by atoms with E-state index in [0.29, 0.717) is 47.2 Å². The van der Waals surface area contributed by atoms with Crippen molar-refractivity contribution in [2.24, 2.45) is 5.41 Å². The van der Waals surface area contributed by atoms with Gasteiger partial charge in [0.15, 0.2) is 23.0 Å². The lowest BCUT2D eigenvalue weighted by Crippen LogP contribution is -2.41. The van der Waals surface area contributed by atoms with E-state index in [1.54, 1.807) is 36.4 Å². The lowest BCUT2D eigenvalue weighted by atomic mass is 10.1. The van der Waals surface area contributed by atoms with Gasteiger partial charge in [-0.3, -0.25) is 9.59 Å². The van der Waals surface area contributed by atoms with Crippen LogP contribution in [0.1, 0.15) is 12.8 Å². The Bertz CT molecular complexity index is 910. The number of rotatable bonds is 6. The lowest BCUT2D eigenvalue weighted by molar-refractivity contribution is -0.128. The predicted octanol–water partition coefficient (Wildman–Crippen LogP) is 2.80. The summed E-state index contributed by atoms with van der Waals surface area (Å²) in [6.07, 6.45) is 1.08. The molecule has 2 amide bonds. The molecule has 4 rings (SSSR count). The number of methoxy groups -OCH3 is 4. The molecule has 0 radical (unpaired) electrons. The average molecular weight is 398 g/mol. The standard InChI is InChI=1S/C21H22N2O6/c1-26-15-7-5-13(11-17(15)28-3)22-19(24)21(9-10-21)20(25)23(22)14-6-8-16(27-2)18(12-14)29-4/h5-8,11-12H,9-10H2,1-4H3. The van der Waals surface area contributed by atoms with Crippen LogP contribution < -0.4 is 29.0 Å². The van der Waals surface area contributed by atoms with Crippen molar-refractivity contribution >= 4 is 23.2 Å². The molecule has 2 aliphatic rings. The fourth-order valence-corrected chi connectivity index (χ4v) is 3.61. The third-order valence-corrected chi connectivity index (χ3v) is 5.38. The molecule has 0 bridgehead atoms. The minimum atomic E-state index is -0.986. The van der Waals surface area contributed by atoms with Gasteiger partial charge in [-0.15, -0.1) is 0 Å². The second kappa shape index (κ2) is 6.88. The van der Waals surface area contributed by atoms with Crippen molar-refractivity contribution in [3.63, 3.8) is 0 Å². The predicted molar refractivity (Wildman–Crippen MR) is 106 cm³/mol. The number of hydrogen-bond acceptors (Lipinski definition) is 6. The number of amides is 2. The van der Waals surface area contributed by atoms with Crippen LogP contribution in [0.3, 0.4) is 0 Å². The summed E-state index contributed by atoms with van der Waals surface area (Å²) >= 11 is 0. The van der Waals surface area contributed by atoms with Crippen LogP contribution in [0.4, 0.5) is 11.4 Å². The van der Waals surface area contributed by atoms with Gasteiger partial charge in [-0.05, 0) is 37.1 Å². The number of hydrogen-bond donors (Lipinski definition) is 0. The maximum absolute atomic E-state index is 13.3. The van der Waals surface area contributed by atoms with Crippen LogP contribution in [0.15, 0.2) is 36.4 Å². The summed E-state index contributed by atoms with van der Waals surface area (Å²) in [5, 5.41) is 2.80. The molecule has 2 aromatic carbocycles. The zero-order chi connectivity index (χ0) is 20.8. The Labute approximate surface area is 168 Å². The molecule has 0 N–H and O–H groups in total. The normalized spacial score (nSPS) is 17.0. The first-order valence-electron chi connectivity index (χ1n) is 9.14. The van der Waals surface area contributed by atoms with Gasteiger partial charge < -0.3 is 18.9 Å². The number of nitrogens with zero attached hydrogens (tertiary/aromatic N) is 2. The number of benzene rings is 2. The highest BCUT2D eigenvalue weighted by molar-refractivity contribution is 6.28. The van der Waals surface area contributed by atoms with Gasteiger partial charge in [0.1, 0.15) is 5.41 Å². The Morgan fingerprint density at radius 1 is 0.655 bits per heavy atom. The number of carbonyl (C=O) groups is 2. The highest BCUT2D eigenvalue weighted by atomic mass is 16.5. The molecule has 2 fully saturated rings. The van der Waals surface area contributed by atoms with Crippen molar-refractivity contribution in [3.05, 3.63) is 36.4 Å². The largest absolute Gasteiger partial charge is 0.493 e. The summed E-state index contributed by atoms with van der Waals surface area (Å²) in [4.78, 5) is 26.5. The van der Waals surface area contributed by atoms with Crippen LogP contribution >= 0.6 is 0 Å². The summed E-state index contributed by atoms with van der Waals surface area (Å²) < 4.78 is 21.3. The first-order valence-corrected chi connectivity index (χ1v) is 9.14. The van der Waals surface area contributed by atoms with Gasteiger partial charge in [0.2, 0.25) is 0 Å². The molecule has 1 saturated heterocycles. The number of ether oxygens (including phenoxy) is 4. The number of anilines is 2. The average Bonchev–Trinajstić information content (AvgIpc) is 3.54. The van der Waals surface area contributed by atoms with Gasteiger partial charge in [-0.2, -0.15) is 0 Å². The molecular formula is C21H22N2O6. The zero-order valence-corrected chi connectivity index (χ0v) is 16.7. The minimum Gasteiger partial charge on any atom is -0.493 e. The fraction of sp³-hybridized carbons (Fsp3) is 0.333. The van der Waals surface area contributed by atoms with Crippen molar-refractivity contribution < 1.29 is 28.5 Å². The Balaban J connectivity index is 1.83. The maximum atomic E-state index is 13.3. The number of hydrazine groups is 1. The number of carbonyl (C=O) groups excluding carboxylic acids is 2. The molecule has 8 nitrogen and oxygen atoms in total. The molecule has 1 spiro atoms. The van der Waals surface area contributed by atoms with E-state index in [4.69, 9.17) is 18.9 Å².